The van der Waals surface area contributed by atoms with Crippen LogP contribution in [0.15, 0.2) is 36.7 Å². The molecule has 0 saturated heterocycles. The normalized spacial score (nSPS) is 10.2. The molecule has 0 amide bonds. The molecule has 5 heteroatoms. The lowest BCUT2D eigenvalue weighted by Gasteiger charge is -2.07. The van der Waals surface area contributed by atoms with Gasteiger partial charge in [0.1, 0.15) is 12.4 Å². The third kappa shape index (κ3) is 3.28. The lowest BCUT2D eigenvalue weighted by Crippen LogP contribution is -2.07. The van der Waals surface area contributed by atoms with Gasteiger partial charge in [0.15, 0.2) is 0 Å². The molecule has 1 heterocycles. The molecule has 0 fully saturated rings. The van der Waals surface area contributed by atoms with Gasteiger partial charge in [0, 0.05) is 17.4 Å². The zero-order chi connectivity index (χ0) is 13.8. The number of hydrogen-bond acceptors (Lipinski definition) is 4. The van der Waals surface area contributed by atoms with E-state index in [0.717, 1.165) is 11.8 Å². The van der Waals surface area contributed by atoms with Crippen LogP contribution in [0.1, 0.15) is 21.5 Å². The lowest BCUT2D eigenvalue weighted by atomic mass is 10.1. The van der Waals surface area contributed by atoms with Crippen LogP contribution in [-0.4, -0.2) is 11.0 Å². The molecule has 0 aliphatic heterocycles. The molecule has 0 aliphatic carbocycles. The molecule has 2 aromatic rings. The van der Waals surface area contributed by atoms with Crippen molar-refractivity contribution in [2.24, 2.45) is 0 Å². The molecule has 0 unspecified atom stereocenters. The molecule has 0 aliphatic rings. The summed E-state index contributed by atoms with van der Waals surface area (Å²) in [6.07, 6.45) is 2.54. The number of carbonyl (C=O) groups is 1. The molecule has 2 rings (SSSR count). The first-order valence-corrected chi connectivity index (χ1v) is 5.69. The average Bonchev–Trinajstić information content (AvgIpc) is 2.36. The van der Waals surface area contributed by atoms with E-state index in [1.807, 2.05) is 0 Å². The highest BCUT2D eigenvalue weighted by Gasteiger charge is 2.11. The van der Waals surface area contributed by atoms with Gasteiger partial charge < -0.3 is 10.5 Å². The molecule has 0 bridgehead atoms. The van der Waals surface area contributed by atoms with E-state index in [-0.39, 0.29) is 6.61 Å². The Hall–Kier alpha value is -2.43. The minimum atomic E-state index is -0.471. The number of carbonyl (C=O) groups excluding carboxylic acids is 1. The summed E-state index contributed by atoms with van der Waals surface area (Å²) in [6.45, 7) is 1.75. The highest BCUT2D eigenvalue weighted by Crippen LogP contribution is 2.14. The van der Waals surface area contributed by atoms with Gasteiger partial charge in [0.05, 0.1) is 11.8 Å². The predicted octanol–water partition coefficient (Wildman–Crippen LogP) is 2.47. The maximum Gasteiger partial charge on any atom is 0.338 e. The first-order chi connectivity index (χ1) is 9.06. The number of pyridine rings is 1. The van der Waals surface area contributed by atoms with Crippen LogP contribution in [0, 0.1) is 12.7 Å². The van der Waals surface area contributed by atoms with E-state index in [2.05, 4.69) is 4.98 Å². The summed E-state index contributed by atoms with van der Waals surface area (Å²) in [7, 11) is 0. The van der Waals surface area contributed by atoms with Crippen LogP contribution in [0.3, 0.4) is 0 Å². The minimum Gasteiger partial charge on any atom is -0.457 e. The molecule has 2 N–H and O–H groups in total. The van der Waals surface area contributed by atoms with Crippen molar-refractivity contribution in [3.05, 3.63) is 59.2 Å². The fourth-order valence-electron chi connectivity index (χ4n) is 1.68. The van der Waals surface area contributed by atoms with Crippen molar-refractivity contribution in [3.8, 4) is 0 Å². The number of halogens is 1. The van der Waals surface area contributed by atoms with Crippen LogP contribution in [0.2, 0.25) is 0 Å². The van der Waals surface area contributed by atoms with Crippen molar-refractivity contribution >= 4 is 11.7 Å². The molecular formula is C14H13FN2O2. The fraction of sp³-hybridized carbons (Fsp3) is 0.143. The summed E-state index contributed by atoms with van der Waals surface area (Å²) in [6, 6.07) is 6.21. The van der Waals surface area contributed by atoms with Crippen molar-refractivity contribution in [2.75, 3.05) is 5.73 Å². The third-order valence-electron chi connectivity index (χ3n) is 2.60. The number of aryl methyl sites for hydroxylation is 1. The highest BCUT2D eigenvalue weighted by molar-refractivity contribution is 5.91. The van der Waals surface area contributed by atoms with Gasteiger partial charge in [-0.2, -0.15) is 0 Å². The number of benzene rings is 1. The van der Waals surface area contributed by atoms with E-state index in [0.29, 0.717) is 16.8 Å². The smallest absolute Gasteiger partial charge is 0.338 e. The van der Waals surface area contributed by atoms with E-state index in [9.17, 15) is 9.18 Å². The number of rotatable bonds is 3. The van der Waals surface area contributed by atoms with Gasteiger partial charge in [-0.05, 0) is 36.8 Å². The maximum atomic E-state index is 12.9. The first-order valence-electron chi connectivity index (χ1n) is 5.69. The Balaban J connectivity index is 2.05. The summed E-state index contributed by atoms with van der Waals surface area (Å²) in [5, 5.41) is 0. The van der Waals surface area contributed by atoms with Gasteiger partial charge >= 0.3 is 5.97 Å². The van der Waals surface area contributed by atoms with Crippen LogP contribution in [0.4, 0.5) is 10.1 Å². The molecule has 98 valence electrons. The monoisotopic (exact) mass is 260 g/mol. The van der Waals surface area contributed by atoms with Crippen molar-refractivity contribution in [3.63, 3.8) is 0 Å². The number of aromatic nitrogens is 1. The van der Waals surface area contributed by atoms with Crippen molar-refractivity contribution < 1.29 is 13.9 Å². The van der Waals surface area contributed by atoms with Gasteiger partial charge in [-0.15, -0.1) is 0 Å². The Morgan fingerprint density at radius 3 is 2.84 bits per heavy atom. The molecule has 19 heavy (non-hydrogen) atoms. The molecule has 4 nitrogen and oxygen atoms in total. The number of anilines is 1. The Bertz CT molecular complexity index is 614. The average molecular weight is 260 g/mol. The standard InChI is InChI=1S/C14H13FN2O2/c1-9-4-12(16)2-3-13(9)14(18)19-8-10-5-11(15)7-17-6-10/h2-7H,8,16H2,1H3. The first kappa shape index (κ1) is 13.0. The van der Waals surface area contributed by atoms with Crippen LogP contribution < -0.4 is 5.73 Å². The molecular weight excluding hydrogens is 247 g/mol. The number of ether oxygens (including phenoxy) is 1. The van der Waals surface area contributed by atoms with Gasteiger partial charge in [-0.1, -0.05) is 0 Å². The van der Waals surface area contributed by atoms with Gasteiger partial charge in [0.25, 0.3) is 0 Å². The topological polar surface area (TPSA) is 65.2 Å². The van der Waals surface area contributed by atoms with E-state index in [4.69, 9.17) is 10.5 Å². The van der Waals surface area contributed by atoms with E-state index < -0.39 is 11.8 Å². The van der Waals surface area contributed by atoms with Crippen LogP contribution >= 0.6 is 0 Å². The second kappa shape index (κ2) is 5.48. The molecule has 0 atom stereocenters. The Morgan fingerprint density at radius 1 is 1.37 bits per heavy atom. The minimum absolute atomic E-state index is 0.0204. The second-order valence-electron chi connectivity index (χ2n) is 4.16. The zero-order valence-electron chi connectivity index (χ0n) is 10.4. The largest absolute Gasteiger partial charge is 0.457 e. The van der Waals surface area contributed by atoms with E-state index in [1.54, 1.807) is 25.1 Å². The van der Waals surface area contributed by atoms with Gasteiger partial charge in [-0.25, -0.2) is 9.18 Å². The highest BCUT2D eigenvalue weighted by atomic mass is 19.1. The second-order valence-corrected chi connectivity index (χ2v) is 4.16. The Kier molecular flexibility index (Phi) is 3.75. The quantitative estimate of drug-likeness (QED) is 0.680. The third-order valence-corrected chi connectivity index (χ3v) is 2.60. The van der Waals surface area contributed by atoms with Gasteiger partial charge in [0.2, 0.25) is 0 Å². The van der Waals surface area contributed by atoms with Crippen LogP contribution in [0.5, 0.6) is 0 Å². The lowest BCUT2D eigenvalue weighted by molar-refractivity contribution is 0.0471. The Labute approximate surface area is 110 Å². The van der Waals surface area contributed by atoms with Gasteiger partial charge in [-0.3, -0.25) is 4.98 Å². The summed E-state index contributed by atoms with van der Waals surface area (Å²) in [4.78, 5) is 15.5. The number of nitrogens with two attached hydrogens (primary N) is 1. The fourth-order valence-corrected chi connectivity index (χ4v) is 1.68. The summed E-state index contributed by atoms with van der Waals surface area (Å²) < 4.78 is 18.0. The molecule has 1 aromatic heterocycles. The van der Waals surface area contributed by atoms with Crippen molar-refractivity contribution in [1.82, 2.24) is 4.98 Å². The number of nitrogens with zero attached hydrogens (tertiary/aromatic N) is 1. The summed E-state index contributed by atoms with van der Waals surface area (Å²) in [5.74, 6) is -0.932. The summed E-state index contributed by atoms with van der Waals surface area (Å²) >= 11 is 0. The summed E-state index contributed by atoms with van der Waals surface area (Å²) in [5.41, 5.74) is 7.88. The molecule has 0 spiro atoms. The van der Waals surface area contributed by atoms with Crippen LogP contribution in [0.25, 0.3) is 0 Å². The number of esters is 1. The number of hydrogen-bond donors (Lipinski definition) is 1. The molecule has 0 radical (unpaired) electrons. The van der Waals surface area contributed by atoms with Crippen molar-refractivity contribution in [1.29, 1.82) is 0 Å². The maximum absolute atomic E-state index is 12.9. The molecule has 0 saturated carbocycles. The Morgan fingerprint density at radius 2 is 2.16 bits per heavy atom. The number of nitrogen functional groups attached to an aromatic ring is 1. The van der Waals surface area contributed by atoms with E-state index >= 15 is 0 Å². The van der Waals surface area contributed by atoms with Crippen molar-refractivity contribution in [2.45, 2.75) is 13.5 Å². The molecule has 1 aromatic carbocycles. The van der Waals surface area contributed by atoms with E-state index in [1.165, 1.54) is 12.3 Å². The predicted molar refractivity (Wildman–Crippen MR) is 68.9 cm³/mol. The zero-order valence-corrected chi connectivity index (χ0v) is 10.4. The van der Waals surface area contributed by atoms with Crippen LogP contribution in [-0.2, 0) is 11.3 Å². The SMILES string of the molecule is Cc1cc(N)ccc1C(=O)OCc1cncc(F)c1.